The summed E-state index contributed by atoms with van der Waals surface area (Å²) in [5, 5.41) is 23.2. The van der Waals surface area contributed by atoms with Crippen LogP contribution < -0.4 is 0 Å². The molecule has 1 atom stereocenters. The number of aromatic hydroxyl groups is 2. The highest BCUT2D eigenvalue weighted by Gasteiger charge is 2.21. The van der Waals surface area contributed by atoms with Gasteiger partial charge < -0.3 is 10.2 Å². The number of rotatable bonds is 5. The molecular weight excluding hydrogens is 254 g/mol. The van der Waals surface area contributed by atoms with E-state index in [1.807, 2.05) is 25.1 Å². The van der Waals surface area contributed by atoms with E-state index in [0.29, 0.717) is 23.1 Å². The summed E-state index contributed by atoms with van der Waals surface area (Å²) >= 11 is 0. The molecule has 4 nitrogen and oxygen atoms in total. The van der Waals surface area contributed by atoms with Crippen LogP contribution in [-0.2, 0) is 6.42 Å². The van der Waals surface area contributed by atoms with E-state index in [1.54, 1.807) is 18.2 Å². The quantitative estimate of drug-likeness (QED) is 0.810. The van der Waals surface area contributed by atoms with Crippen molar-refractivity contribution >= 4 is 0 Å². The maximum absolute atomic E-state index is 11.2. The van der Waals surface area contributed by atoms with Gasteiger partial charge in [-0.2, -0.15) is 0 Å². The molecule has 0 saturated carbocycles. The minimum Gasteiger partial charge on any atom is -0.508 e. The molecule has 2 aromatic rings. The Kier molecular flexibility index (Phi) is 4.35. The zero-order chi connectivity index (χ0) is 14.5. The molecule has 0 aromatic heterocycles. The zero-order valence-corrected chi connectivity index (χ0v) is 11.3. The number of hydrogen-bond acceptors (Lipinski definition) is 4. The maximum Gasteiger partial charge on any atom is 0.145 e. The second-order valence-electron chi connectivity index (χ2n) is 4.67. The molecule has 0 spiro atoms. The van der Waals surface area contributed by atoms with Crippen molar-refractivity contribution in [2.75, 3.05) is 0 Å². The van der Waals surface area contributed by atoms with Crippen LogP contribution in [0.1, 0.15) is 36.1 Å². The van der Waals surface area contributed by atoms with Crippen LogP contribution in [0.4, 0.5) is 0 Å². The lowest BCUT2D eigenvalue weighted by Crippen LogP contribution is -2.00. The van der Waals surface area contributed by atoms with E-state index in [-0.39, 0.29) is 11.5 Å². The molecule has 104 valence electrons. The van der Waals surface area contributed by atoms with Crippen molar-refractivity contribution < 1.29 is 10.2 Å². The molecule has 0 amide bonds. The Hall–Kier alpha value is -2.36. The number of hydrogen-bond donors (Lipinski definition) is 2. The highest BCUT2D eigenvalue weighted by atomic mass is 16.3. The van der Waals surface area contributed by atoms with Crippen LogP contribution in [0.2, 0.25) is 0 Å². The first-order valence-electron chi connectivity index (χ1n) is 6.60. The van der Waals surface area contributed by atoms with Crippen molar-refractivity contribution in [2.24, 2.45) is 5.18 Å². The molecule has 2 N–H and O–H groups in total. The average Bonchev–Trinajstić information content (AvgIpc) is 2.47. The normalized spacial score (nSPS) is 12.1. The number of nitrogens with zero attached hydrogens (tertiary/aromatic N) is 1. The zero-order valence-electron chi connectivity index (χ0n) is 11.3. The fourth-order valence-electron chi connectivity index (χ4n) is 2.29. The summed E-state index contributed by atoms with van der Waals surface area (Å²) in [6.45, 7) is 1.96. The maximum atomic E-state index is 11.2. The molecule has 0 fully saturated rings. The third-order valence-electron chi connectivity index (χ3n) is 3.30. The fourth-order valence-corrected chi connectivity index (χ4v) is 2.29. The minimum absolute atomic E-state index is 0.0414. The SMILES string of the molecule is CCCc1c(O)ccc(C(N=O)c2ccccc2)c1O. The second-order valence-corrected chi connectivity index (χ2v) is 4.67. The molecule has 2 rings (SSSR count). The summed E-state index contributed by atoms with van der Waals surface area (Å²) < 4.78 is 0. The number of benzene rings is 2. The summed E-state index contributed by atoms with van der Waals surface area (Å²) in [5.74, 6) is 0.00566. The molecule has 0 radical (unpaired) electrons. The summed E-state index contributed by atoms with van der Waals surface area (Å²) in [5.41, 5.74) is 1.60. The molecule has 1 unspecified atom stereocenters. The molecule has 2 aromatic carbocycles. The van der Waals surface area contributed by atoms with Gasteiger partial charge in [0.15, 0.2) is 0 Å². The van der Waals surface area contributed by atoms with Crippen LogP contribution in [0.25, 0.3) is 0 Å². The Bertz CT molecular complexity index is 596. The van der Waals surface area contributed by atoms with Gasteiger partial charge in [0, 0.05) is 11.1 Å². The van der Waals surface area contributed by atoms with Gasteiger partial charge in [-0.15, -0.1) is 4.91 Å². The second kappa shape index (κ2) is 6.19. The van der Waals surface area contributed by atoms with E-state index < -0.39 is 6.04 Å². The first kappa shape index (κ1) is 14.1. The highest BCUT2D eigenvalue weighted by molar-refractivity contribution is 5.52. The standard InChI is InChI=1S/C16H17NO3/c1-2-6-12-14(18)10-9-13(16(12)19)15(17-20)11-7-4-3-5-8-11/h3-5,7-10,15,18-19H,2,6H2,1H3. The lowest BCUT2D eigenvalue weighted by Gasteiger charge is -2.15. The van der Waals surface area contributed by atoms with Crippen LogP contribution >= 0.6 is 0 Å². The molecule has 0 bridgehead atoms. The molecule has 0 aliphatic heterocycles. The monoisotopic (exact) mass is 271 g/mol. The Morgan fingerprint density at radius 1 is 1.10 bits per heavy atom. The van der Waals surface area contributed by atoms with Crippen molar-refractivity contribution in [3.05, 3.63) is 64.1 Å². The van der Waals surface area contributed by atoms with Gasteiger partial charge in [0.25, 0.3) is 0 Å². The summed E-state index contributed by atoms with van der Waals surface area (Å²) in [6, 6.07) is 11.3. The molecular formula is C16H17NO3. The highest BCUT2D eigenvalue weighted by Crippen LogP contribution is 2.38. The number of nitroso groups, excluding NO2 is 1. The van der Waals surface area contributed by atoms with Crippen LogP contribution in [-0.4, -0.2) is 10.2 Å². The summed E-state index contributed by atoms with van der Waals surface area (Å²) in [6.07, 6.45) is 1.33. The first-order chi connectivity index (χ1) is 9.69. The van der Waals surface area contributed by atoms with Crippen molar-refractivity contribution in [3.8, 4) is 11.5 Å². The van der Waals surface area contributed by atoms with E-state index in [9.17, 15) is 15.1 Å². The van der Waals surface area contributed by atoms with Gasteiger partial charge in [-0.1, -0.05) is 48.9 Å². The third kappa shape index (κ3) is 2.64. The summed E-state index contributed by atoms with van der Waals surface area (Å²) in [7, 11) is 0. The van der Waals surface area contributed by atoms with Crippen molar-refractivity contribution in [3.63, 3.8) is 0 Å². The molecule has 0 aliphatic carbocycles. The molecule has 0 heterocycles. The molecule has 0 saturated heterocycles. The largest absolute Gasteiger partial charge is 0.508 e. The lowest BCUT2D eigenvalue weighted by atomic mass is 9.95. The average molecular weight is 271 g/mol. The van der Waals surface area contributed by atoms with E-state index in [4.69, 9.17) is 0 Å². The van der Waals surface area contributed by atoms with Gasteiger partial charge in [-0.3, -0.25) is 0 Å². The smallest absolute Gasteiger partial charge is 0.145 e. The van der Waals surface area contributed by atoms with Gasteiger partial charge >= 0.3 is 0 Å². The van der Waals surface area contributed by atoms with E-state index in [2.05, 4.69) is 5.18 Å². The fraction of sp³-hybridized carbons (Fsp3) is 0.250. The molecule has 4 heteroatoms. The number of phenols is 2. The van der Waals surface area contributed by atoms with E-state index in [0.717, 1.165) is 6.42 Å². The van der Waals surface area contributed by atoms with Crippen molar-refractivity contribution in [1.82, 2.24) is 0 Å². The third-order valence-corrected chi connectivity index (χ3v) is 3.30. The van der Waals surface area contributed by atoms with Crippen LogP contribution in [0.15, 0.2) is 47.6 Å². The van der Waals surface area contributed by atoms with Gasteiger partial charge in [-0.25, -0.2) is 0 Å². The Labute approximate surface area is 117 Å². The van der Waals surface area contributed by atoms with E-state index in [1.165, 1.54) is 6.07 Å². The van der Waals surface area contributed by atoms with Gasteiger partial charge in [0.2, 0.25) is 0 Å². The molecule has 20 heavy (non-hydrogen) atoms. The van der Waals surface area contributed by atoms with Gasteiger partial charge in [-0.05, 0) is 24.1 Å². The summed E-state index contributed by atoms with van der Waals surface area (Å²) in [4.78, 5) is 11.2. The first-order valence-corrected chi connectivity index (χ1v) is 6.60. The van der Waals surface area contributed by atoms with Gasteiger partial charge in [0.05, 0.1) is 0 Å². The van der Waals surface area contributed by atoms with Crippen LogP contribution in [0.5, 0.6) is 11.5 Å². The Balaban J connectivity index is 2.51. The van der Waals surface area contributed by atoms with Crippen molar-refractivity contribution in [1.29, 1.82) is 0 Å². The predicted molar refractivity (Wildman–Crippen MR) is 77.8 cm³/mol. The lowest BCUT2D eigenvalue weighted by molar-refractivity contribution is 0.431. The van der Waals surface area contributed by atoms with E-state index >= 15 is 0 Å². The van der Waals surface area contributed by atoms with Crippen LogP contribution in [0.3, 0.4) is 0 Å². The van der Waals surface area contributed by atoms with Gasteiger partial charge in [0.1, 0.15) is 17.5 Å². The van der Waals surface area contributed by atoms with Crippen molar-refractivity contribution in [2.45, 2.75) is 25.8 Å². The molecule has 0 aliphatic rings. The van der Waals surface area contributed by atoms with Crippen LogP contribution in [0, 0.1) is 4.91 Å². The topological polar surface area (TPSA) is 69.9 Å². The predicted octanol–water partition coefficient (Wildman–Crippen LogP) is 3.91. The Morgan fingerprint density at radius 2 is 1.80 bits per heavy atom. The minimum atomic E-state index is -0.771. The Morgan fingerprint density at radius 3 is 2.40 bits per heavy atom. The number of phenolic OH excluding ortho intramolecular Hbond substituents is 2.